The monoisotopic (exact) mass is 1140 g/mol. The van der Waals surface area contributed by atoms with Gasteiger partial charge in [0.2, 0.25) is 5.91 Å². The Labute approximate surface area is 486 Å². The number of carbonyl (C=O) groups excluding carboxylic acids is 1. The molecule has 0 aromatic carbocycles. The highest BCUT2D eigenvalue weighted by Gasteiger charge is 2.48. The van der Waals surface area contributed by atoms with Crippen molar-refractivity contribution in [1.82, 2.24) is 5.32 Å². The van der Waals surface area contributed by atoms with E-state index in [1.165, 1.54) is 270 Å². The zero-order valence-corrected chi connectivity index (χ0v) is 52.0. The zero-order chi connectivity index (χ0) is 57.5. The fraction of sp³-hybridized carbons (Fsp3) is 0.924. The predicted molar refractivity (Wildman–Crippen MR) is 329 cm³/mol. The van der Waals surface area contributed by atoms with Crippen LogP contribution in [0.2, 0.25) is 0 Å². The fourth-order valence-corrected chi connectivity index (χ4v) is 11.6. The van der Waals surface area contributed by atoms with Crippen molar-refractivity contribution in [1.29, 1.82) is 0 Å². The Kier molecular flexibility index (Phi) is 53.3. The van der Waals surface area contributed by atoms with Crippen molar-refractivity contribution in [3.05, 3.63) is 24.3 Å². The fourth-order valence-electron chi connectivity index (χ4n) is 11.0. The van der Waals surface area contributed by atoms with E-state index >= 15 is 0 Å². The smallest absolute Gasteiger partial charge is 0.394 e. The molecule has 1 aliphatic rings. The molecule has 0 radical (unpaired) electrons. The van der Waals surface area contributed by atoms with E-state index in [4.69, 9.17) is 9.47 Å². The first-order valence-electron chi connectivity index (χ1n) is 33.7. The highest BCUT2D eigenvalue weighted by atomic mass is 32.3. The molecule has 7 atom stereocenters. The molecule has 1 amide bonds. The van der Waals surface area contributed by atoms with Gasteiger partial charge in [0.15, 0.2) is 6.29 Å². The van der Waals surface area contributed by atoms with Crippen molar-refractivity contribution in [2.45, 2.75) is 378 Å². The molecule has 12 nitrogen and oxygen atoms in total. The van der Waals surface area contributed by atoms with E-state index in [1.807, 2.05) is 6.08 Å². The van der Waals surface area contributed by atoms with Gasteiger partial charge in [-0.25, -0.2) is 4.18 Å². The Bertz CT molecular complexity index is 1480. The minimum atomic E-state index is -5.09. The number of amides is 1. The Balaban J connectivity index is 2.29. The molecule has 1 rings (SSSR count). The molecule has 79 heavy (non-hydrogen) atoms. The number of hydrogen-bond acceptors (Lipinski definition) is 10. The number of unbranched alkanes of at least 4 members (excludes halogenated alkanes) is 46. The van der Waals surface area contributed by atoms with Gasteiger partial charge in [-0.2, -0.15) is 8.42 Å². The summed E-state index contributed by atoms with van der Waals surface area (Å²) in [4.78, 5) is 13.2. The van der Waals surface area contributed by atoms with Gasteiger partial charge in [-0.15, -0.1) is 0 Å². The molecule has 7 unspecified atom stereocenters. The zero-order valence-electron chi connectivity index (χ0n) is 51.2. The van der Waals surface area contributed by atoms with Crippen molar-refractivity contribution < 1.29 is 51.8 Å². The van der Waals surface area contributed by atoms with Crippen molar-refractivity contribution >= 4 is 16.3 Å². The van der Waals surface area contributed by atoms with Gasteiger partial charge in [0.05, 0.1) is 25.4 Å². The second-order valence-corrected chi connectivity index (χ2v) is 24.8. The van der Waals surface area contributed by atoms with E-state index in [2.05, 4.69) is 35.5 Å². The van der Waals surface area contributed by atoms with Crippen LogP contribution in [0.4, 0.5) is 0 Å². The van der Waals surface area contributed by atoms with Crippen molar-refractivity contribution in [2.24, 2.45) is 0 Å². The van der Waals surface area contributed by atoms with Gasteiger partial charge in [0, 0.05) is 6.42 Å². The Morgan fingerprint density at radius 1 is 0.494 bits per heavy atom. The second kappa shape index (κ2) is 55.8. The molecule has 1 saturated heterocycles. The second-order valence-electron chi connectivity index (χ2n) is 23.8. The number of nitrogens with one attached hydrogen (secondary N) is 1. The molecule has 0 saturated carbocycles. The van der Waals surface area contributed by atoms with Gasteiger partial charge in [0.1, 0.15) is 24.4 Å². The lowest BCUT2D eigenvalue weighted by Crippen LogP contribution is -2.61. The number of ether oxygens (including phenoxy) is 2. The van der Waals surface area contributed by atoms with Crippen LogP contribution in [0.1, 0.15) is 335 Å². The van der Waals surface area contributed by atoms with Crippen LogP contribution < -0.4 is 5.32 Å². The molecule has 0 aromatic rings. The molecule has 468 valence electrons. The number of aliphatic hydroxyl groups is 4. The summed E-state index contributed by atoms with van der Waals surface area (Å²) in [6, 6.07) is -0.945. The van der Waals surface area contributed by atoms with Crippen molar-refractivity contribution in [3.63, 3.8) is 0 Å². The molecular weight excluding hydrogens is 1010 g/mol. The number of rotatable bonds is 60. The molecule has 0 bridgehead atoms. The summed E-state index contributed by atoms with van der Waals surface area (Å²) in [5.74, 6) is -0.257. The summed E-state index contributed by atoms with van der Waals surface area (Å²) < 4.78 is 48.0. The number of hydrogen-bond donors (Lipinski definition) is 6. The molecule has 1 heterocycles. The van der Waals surface area contributed by atoms with E-state index in [0.29, 0.717) is 6.42 Å². The number of carbonyl (C=O) groups is 1. The quantitative estimate of drug-likeness (QED) is 0.0193. The molecule has 0 aliphatic carbocycles. The van der Waals surface area contributed by atoms with E-state index in [1.54, 1.807) is 6.08 Å². The van der Waals surface area contributed by atoms with Crippen LogP contribution in [0.15, 0.2) is 24.3 Å². The number of aliphatic hydroxyl groups excluding tert-OH is 4. The van der Waals surface area contributed by atoms with Gasteiger partial charge in [-0.3, -0.25) is 9.35 Å². The maximum atomic E-state index is 13.2. The van der Waals surface area contributed by atoms with Gasteiger partial charge in [0.25, 0.3) is 0 Å². The summed E-state index contributed by atoms with van der Waals surface area (Å²) in [6.45, 7) is 3.46. The van der Waals surface area contributed by atoms with Gasteiger partial charge >= 0.3 is 10.4 Å². The SMILES string of the molecule is CCCCCCCCCCCCCC/C=C\CCCCCCCCCCCCCC(=O)NC(COC1OC(CO)C(O)C(OS(=O)(=O)O)C1O)C(O)/C=C/CCCCCCCCCCCCCCCCCCCCCCCCC. The van der Waals surface area contributed by atoms with Gasteiger partial charge in [-0.05, 0) is 44.9 Å². The van der Waals surface area contributed by atoms with E-state index in [9.17, 15) is 38.2 Å². The average Bonchev–Trinajstić information content (AvgIpc) is 3.44. The molecule has 0 spiro atoms. The van der Waals surface area contributed by atoms with E-state index in [0.717, 1.165) is 38.5 Å². The minimum absolute atomic E-state index is 0.257. The molecular formula is C66H127NO11S. The van der Waals surface area contributed by atoms with E-state index < -0.39 is 59.9 Å². The third-order valence-corrected chi connectivity index (χ3v) is 16.7. The van der Waals surface area contributed by atoms with Crippen LogP contribution in [-0.4, -0.2) is 95.4 Å². The lowest BCUT2D eigenvalue weighted by molar-refractivity contribution is -0.298. The average molecular weight is 1140 g/mol. The third-order valence-electron chi connectivity index (χ3n) is 16.2. The van der Waals surface area contributed by atoms with Crippen LogP contribution in [0.3, 0.4) is 0 Å². The van der Waals surface area contributed by atoms with Crippen LogP contribution in [0.25, 0.3) is 0 Å². The van der Waals surface area contributed by atoms with Crippen LogP contribution in [0.5, 0.6) is 0 Å². The molecule has 1 fully saturated rings. The molecule has 0 aromatic heterocycles. The lowest BCUT2D eigenvalue weighted by Gasteiger charge is -2.41. The first-order valence-corrected chi connectivity index (χ1v) is 35.1. The summed E-state index contributed by atoms with van der Waals surface area (Å²) in [5, 5.41) is 45.1. The number of allylic oxidation sites excluding steroid dienone is 3. The summed E-state index contributed by atoms with van der Waals surface area (Å²) in [7, 11) is -5.09. The maximum absolute atomic E-state index is 13.2. The van der Waals surface area contributed by atoms with E-state index in [-0.39, 0.29) is 18.9 Å². The molecule has 13 heteroatoms. The lowest BCUT2D eigenvalue weighted by atomic mass is 9.99. The maximum Gasteiger partial charge on any atom is 0.397 e. The highest BCUT2D eigenvalue weighted by molar-refractivity contribution is 7.80. The summed E-state index contributed by atoms with van der Waals surface area (Å²) in [6.07, 6.45) is 62.4. The Morgan fingerprint density at radius 2 is 0.810 bits per heavy atom. The first-order chi connectivity index (χ1) is 38.5. The van der Waals surface area contributed by atoms with Crippen molar-refractivity contribution in [3.8, 4) is 0 Å². The van der Waals surface area contributed by atoms with Crippen LogP contribution >= 0.6 is 0 Å². The highest BCUT2D eigenvalue weighted by Crippen LogP contribution is 2.26. The summed E-state index contributed by atoms with van der Waals surface area (Å²) in [5.41, 5.74) is 0. The third kappa shape index (κ3) is 47.6. The predicted octanol–water partition coefficient (Wildman–Crippen LogP) is 17.1. The molecule has 6 N–H and O–H groups in total. The van der Waals surface area contributed by atoms with Crippen molar-refractivity contribution in [2.75, 3.05) is 13.2 Å². The first kappa shape index (κ1) is 75.6. The Hall–Kier alpha value is -1.42. The van der Waals surface area contributed by atoms with Gasteiger partial charge in [-0.1, -0.05) is 308 Å². The topological polar surface area (TPSA) is 192 Å². The van der Waals surface area contributed by atoms with Crippen LogP contribution in [0, 0.1) is 0 Å². The van der Waals surface area contributed by atoms with Crippen LogP contribution in [-0.2, 0) is 28.9 Å². The van der Waals surface area contributed by atoms with Gasteiger partial charge < -0.3 is 35.2 Å². The Morgan fingerprint density at radius 3 is 1.14 bits per heavy atom. The normalized spacial score (nSPS) is 18.8. The largest absolute Gasteiger partial charge is 0.397 e. The standard InChI is InChI=1S/C66H127NO11S/c1-3-5-7-9-11-13-15-17-19-21-23-25-27-29-30-32-34-36-38-40-42-44-46-48-50-52-54-56-62(70)67-59(58-76-66-64(72)65(78-79(73,74)75)63(71)61(57-68)77-66)60(69)55-53-51-49-47-45-43-41-39-37-35-33-31-28-26-24-22-20-18-16-14-12-10-8-6-4-2/h29-30,53,55,59-61,63-66,68-69,71-72H,3-28,31-52,54,56-58H2,1-2H3,(H,67,70)(H,73,74,75)/b30-29-,55-53+. The summed E-state index contributed by atoms with van der Waals surface area (Å²) >= 11 is 0. The minimum Gasteiger partial charge on any atom is -0.394 e. The molecule has 1 aliphatic heterocycles.